The van der Waals surface area contributed by atoms with E-state index in [4.69, 9.17) is 5.73 Å². The summed E-state index contributed by atoms with van der Waals surface area (Å²) in [6.45, 7) is 2.56. The van der Waals surface area contributed by atoms with Crippen molar-refractivity contribution < 1.29 is 4.79 Å². The van der Waals surface area contributed by atoms with Gasteiger partial charge in [-0.2, -0.15) is 0 Å². The van der Waals surface area contributed by atoms with Gasteiger partial charge in [-0.05, 0) is 49.8 Å². The Morgan fingerprint density at radius 3 is 2.60 bits per heavy atom. The third-order valence-corrected chi connectivity index (χ3v) is 5.56. The number of hydrogen-bond donors (Lipinski definition) is 1. The summed E-state index contributed by atoms with van der Waals surface area (Å²) >= 11 is 0. The molecular formula is C21H31N3O. The van der Waals surface area contributed by atoms with Crippen molar-refractivity contribution in [3.63, 3.8) is 0 Å². The molecule has 1 aromatic carbocycles. The van der Waals surface area contributed by atoms with E-state index in [1.165, 1.54) is 16.5 Å². The number of fused-ring (bicyclic) bond motifs is 1. The molecule has 0 aliphatic carbocycles. The highest BCUT2D eigenvalue weighted by atomic mass is 16.2. The fourth-order valence-electron chi connectivity index (χ4n) is 4.07. The zero-order valence-electron chi connectivity index (χ0n) is 15.4. The van der Waals surface area contributed by atoms with Gasteiger partial charge in [0.2, 0.25) is 5.91 Å². The highest BCUT2D eigenvalue weighted by Crippen LogP contribution is 2.34. The van der Waals surface area contributed by atoms with Gasteiger partial charge in [0, 0.05) is 43.7 Å². The molecule has 1 aliphatic rings. The lowest BCUT2D eigenvalue weighted by Crippen LogP contribution is -2.37. The lowest BCUT2D eigenvalue weighted by molar-refractivity contribution is -0.132. The van der Waals surface area contributed by atoms with E-state index in [2.05, 4.69) is 47.0 Å². The number of carbonyl (C=O) groups is 1. The van der Waals surface area contributed by atoms with Gasteiger partial charge in [0.05, 0.1) is 0 Å². The second-order valence-electron chi connectivity index (χ2n) is 7.32. The number of benzene rings is 1. The summed E-state index contributed by atoms with van der Waals surface area (Å²) in [6, 6.07) is 8.63. The van der Waals surface area contributed by atoms with Crippen LogP contribution in [0.2, 0.25) is 0 Å². The molecule has 25 heavy (non-hydrogen) atoms. The molecule has 0 radical (unpaired) electrons. The predicted molar refractivity (Wildman–Crippen MR) is 104 cm³/mol. The number of para-hydroxylation sites is 1. The molecule has 1 aromatic heterocycles. The fraction of sp³-hybridized carbons (Fsp3) is 0.571. The Balaban J connectivity index is 1.52. The fourth-order valence-corrected chi connectivity index (χ4v) is 4.07. The van der Waals surface area contributed by atoms with Gasteiger partial charge in [-0.15, -0.1) is 0 Å². The predicted octanol–water partition coefficient (Wildman–Crippen LogP) is 3.79. The molecule has 4 nitrogen and oxygen atoms in total. The summed E-state index contributed by atoms with van der Waals surface area (Å²) in [6.07, 6.45) is 9.47. The van der Waals surface area contributed by atoms with E-state index < -0.39 is 0 Å². The highest BCUT2D eigenvalue weighted by molar-refractivity contribution is 5.84. The Hall–Kier alpha value is -1.81. The van der Waals surface area contributed by atoms with Gasteiger partial charge in [-0.3, -0.25) is 4.79 Å². The van der Waals surface area contributed by atoms with Gasteiger partial charge in [-0.1, -0.05) is 31.0 Å². The van der Waals surface area contributed by atoms with Crippen LogP contribution < -0.4 is 5.73 Å². The molecule has 0 unspecified atom stereocenters. The lowest BCUT2D eigenvalue weighted by atomic mass is 9.89. The number of unbranched alkanes of at least 4 members (excludes halogenated alkanes) is 3. The number of piperidine rings is 1. The van der Waals surface area contributed by atoms with Crippen LogP contribution in [0.3, 0.4) is 0 Å². The Kier molecular flexibility index (Phi) is 6.14. The second kappa shape index (κ2) is 8.52. The van der Waals surface area contributed by atoms with Crippen LogP contribution in [0.1, 0.15) is 56.4 Å². The molecule has 1 amide bonds. The van der Waals surface area contributed by atoms with Crippen molar-refractivity contribution in [1.29, 1.82) is 0 Å². The van der Waals surface area contributed by atoms with E-state index in [-0.39, 0.29) is 0 Å². The first-order chi connectivity index (χ1) is 12.2. The molecule has 2 heterocycles. The average Bonchev–Trinajstić information content (AvgIpc) is 2.99. The van der Waals surface area contributed by atoms with Gasteiger partial charge in [0.1, 0.15) is 0 Å². The summed E-state index contributed by atoms with van der Waals surface area (Å²) in [4.78, 5) is 14.5. The second-order valence-corrected chi connectivity index (χ2v) is 7.32. The Labute approximate surface area is 151 Å². The van der Waals surface area contributed by atoms with Crippen molar-refractivity contribution in [2.75, 3.05) is 19.6 Å². The van der Waals surface area contributed by atoms with Crippen molar-refractivity contribution in [3.05, 3.63) is 36.0 Å². The van der Waals surface area contributed by atoms with E-state index in [0.717, 1.165) is 58.2 Å². The minimum absolute atomic E-state index is 0.337. The normalized spacial score (nSPS) is 15.8. The van der Waals surface area contributed by atoms with Crippen LogP contribution in [-0.4, -0.2) is 35.0 Å². The van der Waals surface area contributed by atoms with Crippen molar-refractivity contribution >= 4 is 16.8 Å². The van der Waals surface area contributed by atoms with Crippen LogP contribution in [0.25, 0.3) is 10.9 Å². The van der Waals surface area contributed by atoms with Crippen molar-refractivity contribution in [2.24, 2.45) is 12.8 Å². The molecule has 2 aromatic rings. The smallest absolute Gasteiger partial charge is 0.222 e. The molecule has 2 N–H and O–H groups in total. The minimum Gasteiger partial charge on any atom is -0.350 e. The van der Waals surface area contributed by atoms with Crippen LogP contribution in [0.5, 0.6) is 0 Å². The molecular weight excluding hydrogens is 310 g/mol. The van der Waals surface area contributed by atoms with Crippen LogP contribution >= 0.6 is 0 Å². The standard InChI is InChI=1S/C21H31N3O/c1-23-16-19(18-8-5-6-9-20(18)23)17-11-14-24(15-12-17)21(25)10-4-2-3-7-13-22/h5-6,8-9,16-17H,2-4,7,10-15,22H2,1H3. The van der Waals surface area contributed by atoms with E-state index >= 15 is 0 Å². The summed E-state index contributed by atoms with van der Waals surface area (Å²) < 4.78 is 2.23. The summed E-state index contributed by atoms with van der Waals surface area (Å²) in [5, 5.41) is 1.37. The number of nitrogens with two attached hydrogens (primary N) is 1. The van der Waals surface area contributed by atoms with Gasteiger partial charge in [0.25, 0.3) is 0 Å². The molecule has 4 heteroatoms. The van der Waals surface area contributed by atoms with E-state index in [0.29, 0.717) is 18.2 Å². The molecule has 1 fully saturated rings. The maximum atomic E-state index is 12.4. The van der Waals surface area contributed by atoms with E-state index in [1.807, 2.05) is 0 Å². The molecule has 0 bridgehead atoms. The number of aryl methyl sites for hydroxylation is 1. The maximum Gasteiger partial charge on any atom is 0.222 e. The van der Waals surface area contributed by atoms with Gasteiger partial charge >= 0.3 is 0 Å². The van der Waals surface area contributed by atoms with Crippen molar-refractivity contribution in [2.45, 2.75) is 50.9 Å². The number of carbonyl (C=O) groups excluding carboxylic acids is 1. The number of amides is 1. The zero-order chi connectivity index (χ0) is 17.6. The number of rotatable bonds is 7. The summed E-state index contributed by atoms with van der Waals surface area (Å²) in [7, 11) is 2.12. The topological polar surface area (TPSA) is 51.3 Å². The third-order valence-electron chi connectivity index (χ3n) is 5.56. The minimum atomic E-state index is 0.337. The van der Waals surface area contributed by atoms with Crippen LogP contribution in [-0.2, 0) is 11.8 Å². The zero-order valence-corrected chi connectivity index (χ0v) is 15.4. The lowest BCUT2D eigenvalue weighted by Gasteiger charge is -2.32. The Morgan fingerprint density at radius 2 is 1.84 bits per heavy atom. The monoisotopic (exact) mass is 341 g/mol. The number of nitrogens with zero attached hydrogens (tertiary/aromatic N) is 2. The van der Waals surface area contributed by atoms with Gasteiger partial charge in [-0.25, -0.2) is 0 Å². The average molecular weight is 341 g/mol. The summed E-state index contributed by atoms with van der Waals surface area (Å²) in [5.41, 5.74) is 8.26. The molecule has 0 atom stereocenters. The van der Waals surface area contributed by atoms with Crippen LogP contribution in [0.15, 0.2) is 30.5 Å². The van der Waals surface area contributed by atoms with Crippen molar-refractivity contribution in [1.82, 2.24) is 9.47 Å². The summed E-state index contributed by atoms with van der Waals surface area (Å²) in [5.74, 6) is 0.906. The Bertz CT molecular complexity index is 698. The Morgan fingerprint density at radius 1 is 1.12 bits per heavy atom. The third kappa shape index (κ3) is 4.24. The molecule has 1 saturated heterocycles. The first kappa shape index (κ1) is 18.0. The number of aromatic nitrogens is 1. The molecule has 136 valence electrons. The maximum absolute atomic E-state index is 12.4. The molecule has 3 rings (SSSR count). The largest absolute Gasteiger partial charge is 0.350 e. The first-order valence-corrected chi connectivity index (χ1v) is 9.72. The quantitative estimate of drug-likeness (QED) is 0.779. The first-order valence-electron chi connectivity index (χ1n) is 9.72. The number of likely N-dealkylation sites (tertiary alicyclic amines) is 1. The molecule has 0 spiro atoms. The highest BCUT2D eigenvalue weighted by Gasteiger charge is 2.25. The van der Waals surface area contributed by atoms with Crippen LogP contribution in [0.4, 0.5) is 0 Å². The van der Waals surface area contributed by atoms with Gasteiger partial charge < -0.3 is 15.2 Å². The number of hydrogen-bond acceptors (Lipinski definition) is 2. The molecule has 1 aliphatic heterocycles. The van der Waals surface area contributed by atoms with Crippen LogP contribution in [0, 0.1) is 0 Å². The van der Waals surface area contributed by atoms with E-state index in [9.17, 15) is 4.79 Å². The van der Waals surface area contributed by atoms with Crippen molar-refractivity contribution in [3.8, 4) is 0 Å². The molecule has 0 saturated carbocycles. The SMILES string of the molecule is Cn1cc(C2CCN(C(=O)CCCCCCN)CC2)c2ccccc21. The van der Waals surface area contributed by atoms with Gasteiger partial charge in [0.15, 0.2) is 0 Å². The van der Waals surface area contributed by atoms with E-state index in [1.54, 1.807) is 0 Å².